The molecule has 24 nitrogen and oxygen atoms in total. The third-order valence-electron chi connectivity index (χ3n) is 21.3. The zero-order chi connectivity index (χ0) is 94.5. The minimum absolute atomic E-state index is 0. The van der Waals surface area contributed by atoms with Gasteiger partial charge in [-0.15, -0.1) is 0 Å². The number of aromatic carboxylic acids is 2. The molecule has 13 rings (SSSR count). The average Bonchev–Trinajstić information content (AvgIpc) is 0.747. The number of esters is 4. The number of aromatic hydroxyl groups is 1. The summed E-state index contributed by atoms with van der Waals surface area (Å²) < 4.78 is 37.4. The van der Waals surface area contributed by atoms with Gasteiger partial charge in [0.1, 0.15) is 46.2 Å². The van der Waals surface area contributed by atoms with E-state index in [1.54, 1.807) is 12.1 Å². The van der Waals surface area contributed by atoms with E-state index in [4.69, 9.17) is 39.4 Å². The fraction of sp³-hybridized carbons (Fsp3) is 0.471. The number of para-hydroxylation sites is 1. The molecule has 1 unspecified atom stereocenters. The number of ether oxygens (including phenoxy) is 4. The number of hydrogen-bond donors (Lipinski definition) is 9. The third-order valence-corrected chi connectivity index (χ3v) is 39.6. The maximum Gasteiger partial charge on any atom is 0.340 e. The minimum atomic E-state index is -1.58. The molecule has 6 aromatic rings. The van der Waals surface area contributed by atoms with E-state index in [1.165, 1.54) is 59.1 Å². The minimum Gasteiger partial charge on any atom is -0.507 e. The number of likely N-dealkylation sites (tertiary alicyclic amines) is 1. The largest absolute Gasteiger partial charge is 0.507 e. The first-order valence-corrected chi connectivity index (χ1v) is 55.5. The first-order chi connectivity index (χ1) is 57.9. The Morgan fingerprint density at radius 3 is 1.12 bits per heavy atom. The number of quaternary nitrogens is 3. The zero-order valence-electron chi connectivity index (χ0n) is 71.2. The Bertz CT molecular complexity index is 4760. The molecule has 1 atom stereocenters. The maximum absolute atomic E-state index is 12.5. The fourth-order valence-corrected chi connectivity index (χ4v) is 28.3. The van der Waals surface area contributed by atoms with Crippen LogP contribution >= 0.6 is 339 Å². The number of halogens is 15. The molecule has 7 aliphatic rings. The van der Waals surface area contributed by atoms with E-state index in [0.29, 0.717) is 40.5 Å². The van der Waals surface area contributed by atoms with Crippen LogP contribution in [0.25, 0.3) is 0 Å². The Morgan fingerprint density at radius 2 is 0.817 bits per heavy atom. The van der Waals surface area contributed by atoms with E-state index in [0.717, 1.165) is 168 Å². The summed E-state index contributed by atoms with van der Waals surface area (Å²) in [6.45, 7) is 23.4. The molecule has 0 radical (unpaired) electrons. The van der Waals surface area contributed by atoms with E-state index in [1.807, 2.05) is 117 Å². The fourth-order valence-electron chi connectivity index (χ4n) is 14.4. The summed E-state index contributed by atoms with van der Waals surface area (Å²) in [7, 11) is 2.10. The van der Waals surface area contributed by atoms with Crippen molar-refractivity contribution in [2.24, 2.45) is 23.2 Å². The number of ketones is 2. The zero-order valence-corrected chi connectivity index (χ0v) is 104. The monoisotopic (exact) mass is 3430 g/mol. The molecule has 4 aliphatic carbocycles. The average molecular weight is 3430 g/mol. The van der Waals surface area contributed by atoms with Gasteiger partial charge in [-0.1, -0.05) is 19.1 Å². The van der Waals surface area contributed by atoms with Crippen LogP contribution in [-0.2, 0) is 51.0 Å². The molecule has 3 saturated heterocycles. The Balaban J connectivity index is 0.000000306. The van der Waals surface area contributed by atoms with E-state index in [-0.39, 0.29) is 93.5 Å². The van der Waals surface area contributed by atoms with Crippen LogP contribution in [0, 0.1) is 76.7 Å². The summed E-state index contributed by atoms with van der Waals surface area (Å²) in [5.74, 6) is -2.69. The first kappa shape index (κ1) is 119. The Hall–Kier alpha value is 0.970. The molecule has 7 fully saturated rings. The van der Waals surface area contributed by atoms with Crippen molar-refractivity contribution in [1.82, 2.24) is 11.1 Å². The molecule has 694 valence electrons. The maximum atomic E-state index is 12.5. The Labute approximate surface area is 941 Å². The van der Waals surface area contributed by atoms with Crippen molar-refractivity contribution < 1.29 is 108 Å². The summed E-state index contributed by atoms with van der Waals surface area (Å²) in [5, 5.41) is 56.9. The second-order valence-corrected chi connectivity index (χ2v) is 50.3. The number of piperidine rings is 3. The van der Waals surface area contributed by atoms with Gasteiger partial charge in [0.2, 0.25) is 0 Å². The molecule has 126 heavy (non-hydrogen) atoms. The number of aliphatic carboxylic acids is 2. The van der Waals surface area contributed by atoms with E-state index < -0.39 is 35.1 Å². The highest BCUT2D eigenvalue weighted by molar-refractivity contribution is 14.1. The highest BCUT2D eigenvalue weighted by Gasteiger charge is 2.55. The standard InChI is InChI=1S/C14H16I3NO2.2C13H14I3NO2.C13H11I3O4.C12H13I3O2.C11H16O2.C7H6O3.C4H8O3.H3N/c1-14(3-5-18(2)6-4-14)20-13(19)10-7-9(15)8-11(16)12(10)17;1-13(2-4-17-5-3-13)19-12(18)9-6-8(14)7-10(15)11(9)16;1-13(3-2-4-17-7-13)19-12(18)9-5-8(14)6-10(15)11(9)16;1-5(17)3-7-10(14)8(4-6(2)18)12(16)9(11(7)15)13(19)20;1-4-12(2,3)17-11(16)8-5-7(13)6-9(14)10(8)15;12-10(13)11-4-7-1-8(5-11)3-9(2-7)6-11;8-6-4-2-1-3-5(6)7(9)10;1-4(2,7)3(5)6;/h7-8H,3-6H2,1-2H3;6-7,17H,2-5H2,1H3;5-6,17H,2-4,7H2,1H3;3-4H2,1-2H3,(H,19,20);5-6H,4H2,1-3H3;7-9H,1-6H2,(H,12,13);1-4,8H,(H,9,10);7H,1-2H3,(H,5,6);1H3/p+3. The molecule has 6 aromatic carbocycles. The molecule has 4 bridgehead atoms. The topological polar surface area (TPSA) is 402 Å². The van der Waals surface area contributed by atoms with Gasteiger partial charge in [0.15, 0.2) is 11.2 Å². The number of aliphatic hydroxyl groups is 1. The van der Waals surface area contributed by atoms with Crippen LogP contribution in [0.3, 0.4) is 0 Å². The SMILES string of the molecule is CC(=O)Cc1c(I)c(CC(C)=O)c(I)c(C(=O)O)c1I.CC(C)(O)C(=O)O.CC1(OC(=O)c2cc(I)cc(I)c2I)CCC[NH2+]C1.CC1(OC(=O)c2cc(I)cc(I)c2I)CC[NH2+]CC1.CCC(C)(C)OC(=O)c1cc(I)cc(I)c1I.CN1CCC(C)(OC(=O)c2cc(I)cc(I)c2I)CC1.O=C(O)C12CC3CC(CC(C3)C1)C2.O=C(O)c1ccccc1O.[NH4+]. The lowest BCUT2D eigenvalue weighted by molar-refractivity contribution is -0.675. The number of Topliss-reactive ketones (excluding diaryl/α,β-unsaturated/α-hetero) is 2. The lowest BCUT2D eigenvalue weighted by atomic mass is 9.49. The van der Waals surface area contributed by atoms with E-state index in [2.05, 4.69) is 334 Å². The molecule has 3 aliphatic heterocycles. The number of carboxylic acid groups (broad SMARTS) is 4. The number of phenols is 1. The Kier molecular flexibility index (Phi) is 51.6. The normalized spacial score (nSPS) is 19.2. The van der Waals surface area contributed by atoms with Gasteiger partial charge >= 0.3 is 47.8 Å². The van der Waals surface area contributed by atoms with Crippen molar-refractivity contribution in [3.8, 4) is 5.75 Å². The van der Waals surface area contributed by atoms with E-state index >= 15 is 0 Å². The van der Waals surface area contributed by atoms with Crippen LogP contribution in [0.1, 0.15) is 226 Å². The number of rotatable bonds is 17. The van der Waals surface area contributed by atoms with Gasteiger partial charge in [0.25, 0.3) is 0 Å². The number of benzene rings is 6. The van der Waals surface area contributed by atoms with Crippen molar-refractivity contribution in [1.29, 1.82) is 0 Å². The first-order valence-electron chi connectivity index (χ1n) is 39.3. The number of carbonyl (C=O) groups excluding carboxylic acids is 6. The third kappa shape index (κ3) is 37.6. The van der Waals surface area contributed by atoms with Crippen molar-refractivity contribution in [2.75, 3.05) is 46.3 Å². The van der Waals surface area contributed by atoms with Crippen molar-refractivity contribution in [2.45, 2.75) is 194 Å². The highest BCUT2D eigenvalue weighted by Crippen LogP contribution is 2.60. The number of nitrogens with two attached hydrogens (primary N) is 2. The van der Waals surface area contributed by atoms with Crippen molar-refractivity contribution in [3.05, 3.63) is 171 Å². The number of carbonyl (C=O) groups is 10. The smallest absolute Gasteiger partial charge is 0.340 e. The van der Waals surface area contributed by atoms with Gasteiger partial charge in [0, 0.05) is 98.7 Å². The van der Waals surface area contributed by atoms with Crippen LogP contribution in [0.15, 0.2) is 72.8 Å². The van der Waals surface area contributed by atoms with Crippen LogP contribution in [0.5, 0.6) is 5.75 Å². The molecule has 39 heteroatoms. The van der Waals surface area contributed by atoms with Crippen LogP contribution in [-0.4, -0.2) is 169 Å². The molecule has 3 heterocycles. The summed E-state index contributed by atoms with van der Waals surface area (Å²) in [5.41, 5.74) is 0.984. The molecule has 4 saturated carbocycles. The van der Waals surface area contributed by atoms with Crippen LogP contribution < -0.4 is 16.8 Å². The summed E-state index contributed by atoms with van der Waals surface area (Å²) in [4.78, 5) is 117. The van der Waals surface area contributed by atoms with Gasteiger partial charge in [-0.25, -0.2) is 33.6 Å². The second kappa shape index (κ2) is 54.5. The van der Waals surface area contributed by atoms with E-state index in [9.17, 15) is 58.2 Å². The summed E-state index contributed by atoms with van der Waals surface area (Å²) in [6, 6.07) is 21.7. The van der Waals surface area contributed by atoms with Crippen molar-refractivity contribution in [3.63, 3.8) is 0 Å². The van der Waals surface area contributed by atoms with Gasteiger partial charge in [-0.3, -0.25) is 14.4 Å². The molecule has 0 spiro atoms. The van der Waals surface area contributed by atoms with Gasteiger partial charge in [-0.2, -0.15) is 0 Å². The second-order valence-electron chi connectivity index (χ2n) is 33.1. The molecule has 14 N–H and O–H groups in total. The highest BCUT2D eigenvalue weighted by atomic mass is 127. The summed E-state index contributed by atoms with van der Waals surface area (Å²) >= 11 is 32.8. The number of nitrogens with zero attached hydrogens (tertiary/aromatic N) is 1. The number of hydrogen-bond acceptors (Lipinski definition) is 17. The van der Waals surface area contributed by atoms with Gasteiger partial charge in [-0.05, 0) is 562 Å². The summed E-state index contributed by atoms with van der Waals surface area (Å²) in [6.07, 6.45) is 13.8. The molecular formula is C87H104I15N4O20+3. The quantitative estimate of drug-likeness (QED) is 0.0177. The molecule has 0 amide bonds. The molecule has 0 aromatic heterocycles. The van der Waals surface area contributed by atoms with Crippen molar-refractivity contribution >= 4 is 398 Å². The molecular weight excluding hydrogens is 3320 g/mol. The van der Waals surface area contributed by atoms with Gasteiger partial charge in [0.05, 0.1) is 52.9 Å². The van der Waals surface area contributed by atoms with Crippen LogP contribution in [0.2, 0.25) is 0 Å². The lowest BCUT2D eigenvalue weighted by Gasteiger charge is -2.54. The predicted molar refractivity (Wildman–Crippen MR) is 612 cm³/mol. The predicted octanol–water partition coefficient (Wildman–Crippen LogP) is 21.6. The van der Waals surface area contributed by atoms with Crippen LogP contribution in [0.4, 0.5) is 0 Å². The Morgan fingerprint density at radius 1 is 0.468 bits per heavy atom. The van der Waals surface area contributed by atoms with Gasteiger partial charge < -0.3 is 71.3 Å². The lowest BCUT2D eigenvalue weighted by Crippen LogP contribution is -2.90. The number of carboxylic acids is 4.